The Balaban J connectivity index is 1.90. The molecule has 0 saturated carbocycles. The van der Waals surface area contributed by atoms with Gasteiger partial charge in [-0.3, -0.25) is 4.90 Å². The van der Waals surface area contributed by atoms with Crippen molar-refractivity contribution < 1.29 is 0 Å². The van der Waals surface area contributed by atoms with Crippen molar-refractivity contribution in [3.63, 3.8) is 0 Å². The molecular weight excluding hydrogens is 232 g/mol. The van der Waals surface area contributed by atoms with Gasteiger partial charge in [-0.15, -0.1) is 11.8 Å². The fourth-order valence-electron chi connectivity index (χ4n) is 2.05. The van der Waals surface area contributed by atoms with Crippen molar-refractivity contribution in [1.82, 2.24) is 14.9 Å². The minimum atomic E-state index is -0.173. The van der Waals surface area contributed by atoms with Gasteiger partial charge in [0.15, 0.2) is 0 Å². The van der Waals surface area contributed by atoms with Crippen LogP contribution >= 0.6 is 11.8 Å². The van der Waals surface area contributed by atoms with E-state index in [1.54, 1.807) is 24.2 Å². The maximum Gasteiger partial charge on any atom is 0.142 e. The molecule has 2 rings (SSSR count). The lowest BCUT2D eigenvalue weighted by atomic mass is 9.97. The zero-order valence-electron chi connectivity index (χ0n) is 9.96. The SMILES string of the molecule is CSC1(C#N)CCN(Cc2ncccn2)CC1. The van der Waals surface area contributed by atoms with E-state index in [1.807, 2.05) is 12.3 Å². The highest BCUT2D eigenvalue weighted by Gasteiger charge is 2.33. The first-order valence-corrected chi connectivity index (χ1v) is 6.95. The molecule has 1 aromatic heterocycles. The van der Waals surface area contributed by atoms with Crippen molar-refractivity contribution in [2.75, 3.05) is 19.3 Å². The molecule has 0 unspecified atom stereocenters. The van der Waals surface area contributed by atoms with Crippen molar-refractivity contribution in [3.05, 3.63) is 24.3 Å². The van der Waals surface area contributed by atoms with Crippen LogP contribution in [0.25, 0.3) is 0 Å². The molecule has 1 aliphatic rings. The molecule has 5 heteroatoms. The van der Waals surface area contributed by atoms with E-state index in [1.165, 1.54) is 0 Å². The first-order chi connectivity index (χ1) is 8.28. The Hall–Kier alpha value is -1.12. The number of nitrogens with zero attached hydrogens (tertiary/aromatic N) is 4. The van der Waals surface area contributed by atoms with E-state index in [0.717, 1.165) is 38.3 Å². The summed E-state index contributed by atoms with van der Waals surface area (Å²) in [7, 11) is 0. The number of thioether (sulfide) groups is 1. The normalized spacial score (nSPS) is 19.8. The molecule has 1 aromatic rings. The highest BCUT2D eigenvalue weighted by Crippen LogP contribution is 2.33. The van der Waals surface area contributed by atoms with E-state index in [4.69, 9.17) is 0 Å². The van der Waals surface area contributed by atoms with Crippen LogP contribution in [0.2, 0.25) is 0 Å². The monoisotopic (exact) mass is 248 g/mol. The maximum absolute atomic E-state index is 9.20. The summed E-state index contributed by atoms with van der Waals surface area (Å²) in [6, 6.07) is 4.28. The zero-order chi connectivity index (χ0) is 12.1. The van der Waals surface area contributed by atoms with Gasteiger partial charge in [0, 0.05) is 25.5 Å². The number of hydrogen-bond acceptors (Lipinski definition) is 5. The van der Waals surface area contributed by atoms with Crippen LogP contribution in [-0.4, -0.2) is 39.0 Å². The minimum Gasteiger partial charge on any atom is -0.296 e. The smallest absolute Gasteiger partial charge is 0.142 e. The molecule has 0 spiro atoms. The number of rotatable bonds is 3. The highest BCUT2D eigenvalue weighted by atomic mass is 32.2. The molecule has 1 fully saturated rings. The molecule has 0 aliphatic carbocycles. The third-order valence-corrected chi connectivity index (χ3v) is 4.52. The second-order valence-electron chi connectivity index (χ2n) is 4.25. The van der Waals surface area contributed by atoms with Gasteiger partial charge in [-0.1, -0.05) is 0 Å². The van der Waals surface area contributed by atoms with E-state index in [9.17, 15) is 5.26 Å². The Morgan fingerprint density at radius 1 is 1.41 bits per heavy atom. The zero-order valence-corrected chi connectivity index (χ0v) is 10.8. The summed E-state index contributed by atoms with van der Waals surface area (Å²) in [4.78, 5) is 10.8. The average Bonchev–Trinajstić information content (AvgIpc) is 2.41. The molecule has 90 valence electrons. The molecule has 0 aromatic carbocycles. The van der Waals surface area contributed by atoms with Crippen molar-refractivity contribution in [3.8, 4) is 6.07 Å². The van der Waals surface area contributed by atoms with Crippen LogP contribution in [0.3, 0.4) is 0 Å². The van der Waals surface area contributed by atoms with Gasteiger partial charge >= 0.3 is 0 Å². The molecule has 17 heavy (non-hydrogen) atoms. The van der Waals surface area contributed by atoms with Crippen molar-refractivity contribution in [2.24, 2.45) is 0 Å². The number of piperidine rings is 1. The molecule has 0 N–H and O–H groups in total. The topological polar surface area (TPSA) is 52.8 Å². The molecule has 0 amide bonds. The van der Waals surface area contributed by atoms with E-state index in [2.05, 4.69) is 20.9 Å². The first-order valence-electron chi connectivity index (χ1n) is 5.73. The van der Waals surface area contributed by atoms with E-state index in [0.29, 0.717) is 0 Å². The van der Waals surface area contributed by atoms with Crippen LogP contribution in [0, 0.1) is 11.3 Å². The number of nitriles is 1. The molecule has 1 aliphatic heterocycles. The van der Waals surface area contributed by atoms with Crippen LogP contribution in [0.1, 0.15) is 18.7 Å². The van der Waals surface area contributed by atoms with Crippen LogP contribution < -0.4 is 0 Å². The Morgan fingerprint density at radius 2 is 2.06 bits per heavy atom. The third kappa shape index (κ3) is 2.96. The summed E-state index contributed by atoms with van der Waals surface area (Å²) in [5, 5.41) is 9.20. The average molecular weight is 248 g/mol. The van der Waals surface area contributed by atoms with Gasteiger partial charge in [-0.2, -0.15) is 5.26 Å². The summed E-state index contributed by atoms with van der Waals surface area (Å²) < 4.78 is -0.173. The third-order valence-electron chi connectivity index (χ3n) is 3.24. The Kier molecular flexibility index (Phi) is 3.97. The maximum atomic E-state index is 9.20. The van der Waals surface area contributed by atoms with Crippen LogP contribution in [-0.2, 0) is 6.54 Å². The fourth-order valence-corrected chi connectivity index (χ4v) is 2.73. The predicted molar refractivity (Wildman–Crippen MR) is 68.4 cm³/mol. The highest BCUT2D eigenvalue weighted by molar-refractivity contribution is 8.00. The van der Waals surface area contributed by atoms with Gasteiger partial charge in [0.25, 0.3) is 0 Å². The quantitative estimate of drug-likeness (QED) is 0.815. The van der Waals surface area contributed by atoms with Crippen molar-refractivity contribution >= 4 is 11.8 Å². The van der Waals surface area contributed by atoms with Gasteiger partial charge in [-0.05, 0) is 25.2 Å². The molecular formula is C12H16N4S. The number of likely N-dealkylation sites (tertiary alicyclic amines) is 1. The van der Waals surface area contributed by atoms with Crippen LogP contribution in [0.4, 0.5) is 0 Å². The van der Waals surface area contributed by atoms with Gasteiger partial charge in [0.05, 0.1) is 12.6 Å². The second-order valence-corrected chi connectivity index (χ2v) is 5.44. The summed E-state index contributed by atoms with van der Waals surface area (Å²) in [6.07, 6.45) is 7.43. The van der Waals surface area contributed by atoms with Gasteiger partial charge < -0.3 is 0 Å². The lowest BCUT2D eigenvalue weighted by Gasteiger charge is -2.35. The number of hydrogen-bond donors (Lipinski definition) is 0. The lowest BCUT2D eigenvalue weighted by Crippen LogP contribution is -2.41. The van der Waals surface area contributed by atoms with Crippen LogP contribution in [0.15, 0.2) is 18.5 Å². The molecule has 2 heterocycles. The van der Waals surface area contributed by atoms with E-state index >= 15 is 0 Å². The van der Waals surface area contributed by atoms with Gasteiger partial charge in [-0.25, -0.2) is 9.97 Å². The molecule has 0 atom stereocenters. The minimum absolute atomic E-state index is 0.173. The summed E-state index contributed by atoms with van der Waals surface area (Å²) in [5.41, 5.74) is 0. The van der Waals surface area contributed by atoms with Gasteiger partial charge in [0.1, 0.15) is 10.6 Å². The predicted octanol–water partition coefficient (Wildman–Crippen LogP) is 1.70. The summed E-state index contributed by atoms with van der Waals surface area (Å²) in [6.45, 7) is 2.69. The van der Waals surface area contributed by atoms with Crippen molar-refractivity contribution in [1.29, 1.82) is 5.26 Å². The standard InChI is InChI=1S/C12H16N4S/c1-17-12(10-13)3-7-16(8-4-12)9-11-14-5-2-6-15-11/h2,5-6H,3-4,7-9H2,1H3. The number of aromatic nitrogens is 2. The largest absolute Gasteiger partial charge is 0.296 e. The lowest BCUT2D eigenvalue weighted by molar-refractivity contribution is 0.204. The first kappa shape index (κ1) is 12.3. The molecule has 4 nitrogen and oxygen atoms in total. The van der Waals surface area contributed by atoms with Crippen LogP contribution in [0.5, 0.6) is 0 Å². The van der Waals surface area contributed by atoms with Gasteiger partial charge in [0.2, 0.25) is 0 Å². The van der Waals surface area contributed by atoms with E-state index < -0.39 is 0 Å². The van der Waals surface area contributed by atoms with E-state index in [-0.39, 0.29) is 4.75 Å². The second kappa shape index (κ2) is 5.48. The Labute approximate surface area is 106 Å². The Bertz CT molecular complexity index is 393. The fraction of sp³-hybridized carbons (Fsp3) is 0.583. The van der Waals surface area contributed by atoms with Crippen molar-refractivity contribution in [2.45, 2.75) is 24.1 Å². The Morgan fingerprint density at radius 3 is 2.59 bits per heavy atom. The summed E-state index contributed by atoms with van der Waals surface area (Å²) in [5.74, 6) is 0.862. The molecule has 0 radical (unpaired) electrons. The molecule has 0 bridgehead atoms. The molecule has 1 saturated heterocycles. The summed E-state index contributed by atoms with van der Waals surface area (Å²) >= 11 is 1.68.